The molecule has 1 heterocycles. The van der Waals surface area contributed by atoms with Gasteiger partial charge in [-0.1, -0.05) is 11.0 Å². The number of hydrogen-bond acceptors (Lipinski definition) is 4. The summed E-state index contributed by atoms with van der Waals surface area (Å²) in [5.74, 6) is 0. The van der Waals surface area contributed by atoms with Gasteiger partial charge in [0.25, 0.3) is 10.0 Å². The standard InChI is InChI=1S/C4H5NO3S2/c6-5-10(7,8)4-2-1-3-9-4/h1-3,5-6H. The maximum Gasteiger partial charge on any atom is 0.271 e. The first-order valence-corrected chi connectivity index (χ1v) is 4.72. The van der Waals surface area contributed by atoms with Crippen LogP contribution in [0.3, 0.4) is 0 Å². The zero-order chi connectivity index (χ0) is 7.61. The maximum absolute atomic E-state index is 10.7. The molecule has 1 aromatic heterocycles. The number of nitrogens with one attached hydrogen (secondary N) is 1. The summed E-state index contributed by atoms with van der Waals surface area (Å²) in [4.78, 5) is 1.23. The van der Waals surface area contributed by atoms with Gasteiger partial charge in [-0.3, -0.25) is 0 Å². The van der Waals surface area contributed by atoms with Gasteiger partial charge >= 0.3 is 0 Å². The molecule has 0 aliphatic heterocycles. The summed E-state index contributed by atoms with van der Waals surface area (Å²) in [5.41, 5.74) is 0. The number of thiophene rings is 1. The van der Waals surface area contributed by atoms with Crippen LogP contribution in [0.2, 0.25) is 0 Å². The molecule has 6 heteroatoms. The predicted octanol–water partition coefficient (Wildman–Crippen LogP) is 0.416. The van der Waals surface area contributed by atoms with Gasteiger partial charge < -0.3 is 5.21 Å². The molecule has 1 aromatic rings. The van der Waals surface area contributed by atoms with Crippen molar-refractivity contribution in [2.45, 2.75) is 4.21 Å². The van der Waals surface area contributed by atoms with E-state index in [0.29, 0.717) is 0 Å². The lowest BCUT2D eigenvalue weighted by atomic mass is 10.7. The van der Waals surface area contributed by atoms with Crippen LogP contribution in [0.25, 0.3) is 0 Å². The average Bonchev–Trinajstić information content (AvgIpc) is 2.38. The van der Waals surface area contributed by atoms with Crippen LogP contribution in [0, 0.1) is 0 Å². The first kappa shape index (κ1) is 7.67. The molecule has 56 valence electrons. The van der Waals surface area contributed by atoms with Crippen LogP contribution < -0.4 is 4.89 Å². The Morgan fingerprint density at radius 1 is 1.60 bits per heavy atom. The molecule has 0 saturated carbocycles. The molecule has 0 saturated heterocycles. The summed E-state index contributed by atoms with van der Waals surface area (Å²) < 4.78 is 21.5. The lowest BCUT2D eigenvalue weighted by Gasteiger charge is -1.93. The fourth-order valence-electron chi connectivity index (χ4n) is 0.461. The Balaban J connectivity index is 3.09. The SMILES string of the molecule is O=S(=O)(NO)c1cccs1. The molecule has 4 nitrogen and oxygen atoms in total. The Labute approximate surface area is 62.1 Å². The largest absolute Gasteiger partial charge is 0.302 e. The quantitative estimate of drug-likeness (QED) is 0.646. The monoisotopic (exact) mass is 179 g/mol. The summed E-state index contributed by atoms with van der Waals surface area (Å²) in [5, 5.41) is 9.75. The minimum absolute atomic E-state index is 0.106. The molecule has 0 unspecified atom stereocenters. The zero-order valence-corrected chi connectivity index (χ0v) is 6.45. The molecule has 0 spiro atoms. The van der Waals surface area contributed by atoms with Crippen molar-refractivity contribution in [3.05, 3.63) is 17.5 Å². The molecule has 2 N–H and O–H groups in total. The van der Waals surface area contributed by atoms with Crippen LogP contribution >= 0.6 is 11.3 Å². The lowest BCUT2D eigenvalue weighted by Crippen LogP contribution is -2.17. The van der Waals surface area contributed by atoms with E-state index in [4.69, 9.17) is 5.21 Å². The normalized spacial score (nSPS) is 11.7. The van der Waals surface area contributed by atoms with Crippen LogP contribution in [0.5, 0.6) is 0 Å². The van der Waals surface area contributed by atoms with E-state index < -0.39 is 10.0 Å². The molecular weight excluding hydrogens is 174 g/mol. The second-order valence-electron chi connectivity index (χ2n) is 1.53. The molecule has 0 radical (unpaired) electrons. The summed E-state index contributed by atoms with van der Waals surface area (Å²) in [6, 6.07) is 3.00. The van der Waals surface area contributed by atoms with Crippen molar-refractivity contribution in [2.24, 2.45) is 0 Å². The molecule has 1 rings (SSSR count). The van der Waals surface area contributed by atoms with E-state index in [1.807, 2.05) is 0 Å². The third kappa shape index (κ3) is 1.35. The van der Waals surface area contributed by atoms with Crippen molar-refractivity contribution in [1.29, 1.82) is 0 Å². The second kappa shape index (κ2) is 2.67. The Morgan fingerprint density at radius 2 is 2.30 bits per heavy atom. The topological polar surface area (TPSA) is 66.4 Å². The Morgan fingerprint density at radius 3 is 2.70 bits per heavy atom. The summed E-state index contributed by atoms with van der Waals surface area (Å²) in [7, 11) is -3.63. The van der Waals surface area contributed by atoms with E-state index >= 15 is 0 Å². The maximum atomic E-state index is 10.7. The smallest absolute Gasteiger partial charge is 0.271 e. The van der Waals surface area contributed by atoms with E-state index in [2.05, 4.69) is 0 Å². The molecule has 0 aromatic carbocycles. The molecule has 0 aliphatic carbocycles. The summed E-state index contributed by atoms with van der Waals surface area (Å²) >= 11 is 1.04. The van der Waals surface area contributed by atoms with E-state index in [-0.39, 0.29) is 4.21 Å². The van der Waals surface area contributed by atoms with Gasteiger partial charge in [-0.15, -0.1) is 11.3 Å². The van der Waals surface area contributed by atoms with Gasteiger partial charge in [0.1, 0.15) is 4.21 Å². The summed E-state index contributed by atoms with van der Waals surface area (Å²) in [6.07, 6.45) is 0. The van der Waals surface area contributed by atoms with E-state index in [1.54, 1.807) is 11.4 Å². The van der Waals surface area contributed by atoms with Crippen molar-refractivity contribution in [3.8, 4) is 0 Å². The third-order valence-corrected chi connectivity index (χ3v) is 3.39. The predicted molar refractivity (Wildman–Crippen MR) is 36.4 cm³/mol. The molecule has 0 aliphatic rings. The van der Waals surface area contributed by atoms with Crippen molar-refractivity contribution in [1.82, 2.24) is 4.89 Å². The third-order valence-electron chi connectivity index (χ3n) is 0.880. The fourth-order valence-corrected chi connectivity index (χ4v) is 2.04. The van der Waals surface area contributed by atoms with Gasteiger partial charge in [0, 0.05) is 0 Å². The number of sulfonamides is 1. The Bertz CT molecular complexity index is 288. The van der Waals surface area contributed by atoms with Crippen molar-refractivity contribution >= 4 is 21.4 Å². The highest BCUT2D eigenvalue weighted by Gasteiger charge is 2.11. The average molecular weight is 179 g/mol. The highest BCUT2D eigenvalue weighted by Crippen LogP contribution is 2.14. The lowest BCUT2D eigenvalue weighted by molar-refractivity contribution is 0.243. The van der Waals surface area contributed by atoms with Crippen LogP contribution in [-0.4, -0.2) is 13.6 Å². The Kier molecular flexibility index (Phi) is 2.05. The van der Waals surface area contributed by atoms with Gasteiger partial charge in [-0.05, 0) is 11.4 Å². The highest BCUT2D eigenvalue weighted by molar-refractivity contribution is 7.91. The summed E-state index contributed by atoms with van der Waals surface area (Å²) in [6.45, 7) is 0. The number of rotatable bonds is 2. The first-order chi connectivity index (χ1) is 4.67. The highest BCUT2D eigenvalue weighted by atomic mass is 32.2. The van der Waals surface area contributed by atoms with Gasteiger partial charge in [-0.25, -0.2) is 8.42 Å². The second-order valence-corrected chi connectivity index (χ2v) is 4.36. The molecule has 10 heavy (non-hydrogen) atoms. The molecule has 0 bridgehead atoms. The molecular formula is C4H5NO3S2. The van der Waals surface area contributed by atoms with Gasteiger partial charge in [0.15, 0.2) is 0 Å². The minimum Gasteiger partial charge on any atom is -0.302 e. The van der Waals surface area contributed by atoms with Crippen LogP contribution in [0.4, 0.5) is 0 Å². The van der Waals surface area contributed by atoms with E-state index in [1.165, 1.54) is 11.0 Å². The minimum atomic E-state index is -3.63. The van der Waals surface area contributed by atoms with Crippen LogP contribution in [0.15, 0.2) is 21.7 Å². The fraction of sp³-hybridized carbons (Fsp3) is 0. The molecule has 0 fully saturated rings. The molecule has 0 amide bonds. The van der Waals surface area contributed by atoms with Gasteiger partial charge in [-0.2, -0.15) is 0 Å². The van der Waals surface area contributed by atoms with E-state index in [0.717, 1.165) is 11.3 Å². The van der Waals surface area contributed by atoms with Crippen molar-refractivity contribution in [3.63, 3.8) is 0 Å². The van der Waals surface area contributed by atoms with Gasteiger partial charge in [0.2, 0.25) is 0 Å². The molecule has 0 atom stereocenters. The van der Waals surface area contributed by atoms with Crippen LogP contribution in [0.1, 0.15) is 0 Å². The first-order valence-electron chi connectivity index (χ1n) is 2.36. The van der Waals surface area contributed by atoms with Crippen molar-refractivity contribution in [2.75, 3.05) is 0 Å². The van der Waals surface area contributed by atoms with E-state index in [9.17, 15) is 8.42 Å². The van der Waals surface area contributed by atoms with Crippen LogP contribution in [-0.2, 0) is 10.0 Å². The number of hydrogen-bond donors (Lipinski definition) is 2. The van der Waals surface area contributed by atoms with Crippen molar-refractivity contribution < 1.29 is 13.6 Å². The van der Waals surface area contributed by atoms with Gasteiger partial charge in [0.05, 0.1) is 0 Å². The Hall–Kier alpha value is -0.430. The zero-order valence-electron chi connectivity index (χ0n) is 4.81.